The zero-order valence-corrected chi connectivity index (χ0v) is 19.7. The second kappa shape index (κ2) is 10.1. The van der Waals surface area contributed by atoms with Gasteiger partial charge < -0.3 is 10.1 Å². The third-order valence-electron chi connectivity index (χ3n) is 5.16. The summed E-state index contributed by atoms with van der Waals surface area (Å²) in [4.78, 5) is 12.8. The molecule has 1 fully saturated rings. The van der Waals surface area contributed by atoms with E-state index in [0.29, 0.717) is 45.1 Å². The third kappa shape index (κ3) is 5.18. The molecular formula is C21H27N3O6S2. The predicted octanol–water partition coefficient (Wildman–Crippen LogP) is 1.99. The number of nitrogens with zero attached hydrogens (tertiary/aromatic N) is 2. The molecular weight excluding hydrogens is 454 g/mol. The van der Waals surface area contributed by atoms with Gasteiger partial charge in [0.05, 0.1) is 23.0 Å². The van der Waals surface area contributed by atoms with Gasteiger partial charge in [-0.15, -0.1) is 0 Å². The molecule has 0 bridgehead atoms. The summed E-state index contributed by atoms with van der Waals surface area (Å²) in [6.07, 6.45) is 0. The Morgan fingerprint density at radius 1 is 0.969 bits per heavy atom. The summed E-state index contributed by atoms with van der Waals surface area (Å²) >= 11 is 0. The molecule has 32 heavy (non-hydrogen) atoms. The van der Waals surface area contributed by atoms with Gasteiger partial charge in [-0.1, -0.05) is 19.9 Å². The topological polar surface area (TPSA) is 113 Å². The smallest absolute Gasteiger partial charge is 0.255 e. The Morgan fingerprint density at radius 2 is 1.59 bits per heavy atom. The van der Waals surface area contributed by atoms with Gasteiger partial charge in [-0.05, 0) is 42.5 Å². The highest BCUT2D eigenvalue weighted by molar-refractivity contribution is 7.89. The van der Waals surface area contributed by atoms with E-state index in [1.807, 2.05) is 0 Å². The quantitative estimate of drug-likeness (QED) is 0.617. The molecule has 0 aromatic heterocycles. The van der Waals surface area contributed by atoms with Crippen molar-refractivity contribution < 1.29 is 26.4 Å². The molecule has 1 amide bonds. The van der Waals surface area contributed by atoms with Crippen LogP contribution in [0.15, 0.2) is 58.3 Å². The number of rotatable bonds is 8. The van der Waals surface area contributed by atoms with Crippen LogP contribution in [-0.4, -0.2) is 70.7 Å². The van der Waals surface area contributed by atoms with Crippen molar-refractivity contribution in [3.8, 4) is 0 Å². The van der Waals surface area contributed by atoms with Crippen LogP contribution in [0.25, 0.3) is 0 Å². The van der Waals surface area contributed by atoms with Gasteiger partial charge in [-0.3, -0.25) is 4.79 Å². The molecule has 0 saturated carbocycles. The molecule has 11 heteroatoms. The van der Waals surface area contributed by atoms with Crippen LogP contribution in [-0.2, 0) is 24.8 Å². The van der Waals surface area contributed by atoms with Crippen molar-refractivity contribution >= 4 is 31.6 Å². The van der Waals surface area contributed by atoms with E-state index in [9.17, 15) is 21.6 Å². The van der Waals surface area contributed by atoms with E-state index in [4.69, 9.17) is 4.74 Å². The summed E-state index contributed by atoms with van der Waals surface area (Å²) in [6.45, 7) is 5.47. The molecule has 1 aliphatic rings. The zero-order valence-electron chi connectivity index (χ0n) is 18.0. The SMILES string of the molecule is CCN(CC)S(=O)(=O)c1cccc(C(=O)Nc2ccc(S(=O)(=O)N3CCOCC3)cc2)c1. The van der Waals surface area contributed by atoms with Crippen molar-refractivity contribution in [2.75, 3.05) is 44.7 Å². The monoisotopic (exact) mass is 481 g/mol. The number of sulfonamides is 2. The Balaban J connectivity index is 1.75. The van der Waals surface area contributed by atoms with Crippen molar-refractivity contribution in [3.05, 3.63) is 54.1 Å². The van der Waals surface area contributed by atoms with Crippen LogP contribution in [0.5, 0.6) is 0 Å². The van der Waals surface area contributed by atoms with Gasteiger partial charge in [-0.25, -0.2) is 16.8 Å². The Hall–Kier alpha value is -2.31. The van der Waals surface area contributed by atoms with Gasteiger partial charge in [-0.2, -0.15) is 8.61 Å². The highest BCUT2D eigenvalue weighted by atomic mass is 32.2. The molecule has 0 unspecified atom stereocenters. The molecule has 1 aliphatic heterocycles. The van der Waals surface area contributed by atoms with E-state index in [1.54, 1.807) is 13.8 Å². The van der Waals surface area contributed by atoms with Crippen LogP contribution in [0.1, 0.15) is 24.2 Å². The van der Waals surface area contributed by atoms with Crippen LogP contribution >= 0.6 is 0 Å². The fourth-order valence-electron chi connectivity index (χ4n) is 3.36. The first-order chi connectivity index (χ1) is 15.2. The highest BCUT2D eigenvalue weighted by Gasteiger charge is 2.26. The molecule has 0 radical (unpaired) electrons. The summed E-state index contributed by atoms with van der Waals surface area (Å²) < 4.78 is 58.7. The van der Waals surface area contributed by atoms with Crippen molar-refractivity contribution in [2.24, 2.45) is 0 Å². The minimum atomic E-state index is -3.69. The Kier molecular flexibility index (Phi) is 7.67. The summed E-state index contributed by atoms with van der Waals surface area (Å²) in [7, 11) is -7.32. The van der Waals surface area contributed by atoms with E-state index in [2.05, 4.69) is 5.32 Å². The molecule has 174 valence electrons. The van der Waals surface area contributed by atoms with Gasteiger partial charge in [0.2, 0.25) is 20.0 Å². The number of morpholine rings is 1. The normalized spacial score (nSPS) is 15.6. The number of carbonyl (C=O) groups excluding carboxylic acids is 1. The number of carbonyl (C=O) groups is 1. The largest absolute Gasteiger partial charge is 0.379 e. The Labute approximate surface area is 189 Å². The third-order valence-corrected chi connectivity index (χ3v) is 9.12. The van der Waals surface area contributed by atoms with Crippen molar-refractivity contribution in [2.45, 2.75) is 23.6 Å². The summed E-state index contributed by atoms with van der Waals surface area (Å²) in [5, 5.41) is 2.68. The van der Waals surface area contributed by atoms with E-state index in [1.165, 1.54) is 57.1 Å². The molecule has 1 heterocycles. The molecule has 2 aromatic carbocycles. The lowest BCUT2D eigenvalue weighted by Crippen LogP contribution is -2.40. The highest BCUT2D eigenvalue weighted by Crippen LogP contribution is 2.21. The minimum Gasteiger partial charge on any atom is -0.379 e. The van der Waals surface area contributed by atoms with Crippen LogP contribution in [0.3, 0.4) is 0 Å². The van der Waals surface area contributed by atoms with Crippen LogP contribution in [0.4, 0.5) is 5.69 Å². The summed E-state index contributed by atoms with van der Waals surface area (Å²) in [5.74, 6) is -0.495. The van der Waals surface area contributed by atoms with Gasteiger partial charge in [0.15, 0.2) is 0 Å². The number of amides is 1. The summed E-state index contributed by atoms with van der Waals surface area (Å²) in [6, 6.07) is 11.7. The molecule has 1 N–H and O–H groups in total. The fraction of sp³-hybridized carbons (Fsp3) is 0.381. The maximum Gasteiger partial charge on any atom is 0.255 e. The van der Waals surface area contributed by atoms with E-state index >= 15 is 0 Å². The second-order valence-electron chi connectivity index (χ2n) is 7.11. The van der Waals surface area contributed by atoms with Gasteiger partial charge >= 0.3 is 0 Å². The first-order valence-electron chi connectivity index (χ1n) is 10.3. The number of ether oxygens (including phenoxy) is 1. The molecule has 0 aliphatic carbocycles. The average molecular weight is 482 g/mol. The van der Waals surface area contributed by atoms with Crippen molar-refractivity contribution in [3.63, 3.8) is 0 Å². The van der Waals surface area contributed by atoms with E-state index < -0.39 is 26.0 Å². The molecule has 0 spiro atoms. The number of nitrogens with one attached hydrogen (secondary N) is 1. The van der Waals surface area contributed by atoms with E-state index in [0.717, 1.165) is 0 Å². The molecule has 9 nitrogen and oxygen atoms in total. The first kappa shape index (κ1) is 24.3. The average Bonchev–Trinajstić information content (AvgIpc) is 2.80. The predicted molar refractivity (Wildman–Crippen MR) is 121 cm³/mol. The lowest BCUT2D eigenvalue weighted by Gasteiger charge is -2.26. The van der Waals surface area contributed by atoms with Crippen LogP contribution in [0.2, 0.25) is 0 Å². The van der Waals surface area contributed by atoms with E-state index in [-0.39, 0.29) is 15.4 Å². The lowest BCUT2D eigenvalue weighted by molar-refractivity contribution is 0.0730. The number of hydrogen-bond donors (Lipinski definition) is 1. The molecule has 3 rings (SSSR count). The fourth-order valence-corrected chi connectivity index (χ4v) is 6.27. The maximum atomic E-state index is 12.7. The van der Waals surface area contributed by atoms with Crippen LogP contribution in [0, 0.1) is 0 Å². The number of benzene rings is 2. The maximum absolute atomic E-state index is 12.7. The van der Waals surface area contributed by atoms with Crippen molar-refractivity contribution in [1.82, 2.24) is 8.61 Å². The Morgan fingerprint density at radius 3 is 2.19 bits per heavy atom. The van der Waals surface area contributed by atoms with Gasteiger partial charge in [0.1, 0.15) is 0 Å². The van der Waals surface area contributed by atoms with Gasteiger partial charge in [0, 0.05) is 37.4 Å². The summed E-state index contributed by atoms with van der Waals surface area (Å²) in [5.41, 5.74) is 0.580. The number of hydrogen-bond acceptors (Lipinski definition) is 6. The minimum absolute atomic E-state index is 0.0424. The van der Waals surface area contributed by atoms with Crippen LogP contribution < -0.4 is 5.32 Å². The number of anilines is 1. The zero-order chi connectivity index (χ0) is 23.4. The van der Waals surface area contributed by atoms with Gasteiger partial charge in [0.25, 0.3) is 5.91 Å². The standard InChI is InChI=1S/C21H27N3O6S2/c1-3-23(4-2)32(28,29)20-7-5-6-17(16-20)21(25)22-18-8-10-19(11-9-18)31(26,27)24-12-14-30-15-13-24/h5-11,16H,3-4,12-15H2,1-2H3,(H,22,25). The molecule has 0 atom stereocenters. The first-order valence-corrected chi connectivity index (χ1v) is 13.2. The Bertz CT molecular complexity index is 1150. The molecule has 2 aromatic rings. The van der Waals surface area contributed by atoms with Crippen molar-refractivity contribution in [1.29, 1.82) is 0 Å². The lowest BCUT2D eigenvalue weighted by atomic mass is 10.2. The second-order valence-corrected chi connectivity index (χ2v) is 11.0. The molecule has 1 saturated heterocycles.